The first-order valence-corrected chi connectivity index (χ1v) is 4.54. The Hall–Kier alpha value is -0.280. The van der Waals surface area contributed by atoms with Crippen LogP contribution in [-0.2, 0) is 9.53 Å². The number of ether oxygens (including phenoxy) is 1. The highest BCUT2D eigenvalue weighted by Crippen LogP contribution is 2.00. The van der Waals surface area contributed by atoms with Crippen molar-refractivity contribution in [1.82, 2.24) is 5.32 Å². The van der Waals surface area contributed by atoms with E-state index in [0.29, 0.717) is 19.6 Å². The highest BCUT2D eigenvalue weighted by molar-refractivity contribution is 6.20. The van der Waals surface area contributed by atoms with E-state index in [1.165, 1.54) is 0 Å². The molecular formula is C8H16ClNO2. The Morgan fingerprint density at radius 3 is 2.83 bits per heavy atom. The molecule has 0 aromatic heterocycles. The smallest absolute Gasteiger partial charge is 0.219 e. The molecule has 1 amide bonds. The van der Waals surface area contributed by atoms with Crippen LogP contribution in [0.25, 0.3) is 0 Å². The summed E-state index contributed by atoms with van der Waals surface area (Å²) in [6, 6.07) is 0. The largest absolute Gasteiger partial charge is 0.383 e. The molecule has 0 aromatic carbocycles. The van der Waals surface area contributed by atoms with Crippen LogP contribution >= 0.6 is 11.6 Å². The second-order valence-electron chi connectivity index (χ2n) is 2.54. The van der Waals surface area contributed by atoms with Crippen molar-refractivity contribution in [2.45, 2.75) is 25.1 Å². The van der Waals surface area contributed by atoms with Crippen LogP contribution in [0.5, 0.6) is 0 Å². The number of hydrogen-bond donors (Lipinski definition) is 1. The molecule has 0 aromatic rings. The number of halogens is 1. The van der Waals surface area contributed by atoms with E-state index in [-0.39, 0.29) is 11.3 Å². The molecule has 72 valence electrons. The maximum Gasteiger partial charge on any atom is 0.219 e. The van der Waals surface area contributed by atoms with Crippen molar-refractivity contribution in [1.29, 1.82) is 0 Å². The highest BCUT2D eigenvalue weighted by atomic mass is 35.5. The summed E-state index contributed by atoms with van der Waals surface area (Å²) in [5.74, 6) is 0.0660. The van der Waals surface area contributed by atoms with Gasteiger partial charge in [-0.05, 0) is 6.42 Å². The number of nitrogens with one attached hydrogen (secondary N) is 1. The van der Waals surface area contributed by atoms with Gasteiger partial charge >= 0.3 is 0 Å². The maximum atomic E-state index is 10.8. The summed E-state index contributed by atoms with van der Waals surface area (Å²) in [5.41, 5.74) is 0. The lowest BCUT2D eigenvalue weighted by atomic mass is 10.3. The Balaban J connectivity index is 3.24. The summed E-state index contributed by atoms with van der Waals surface area (Å²) in [6.07, 6.45) is 1.28. The molecule has 3 nitrogen and oxygen atoms in total. The average molecular weight is 194 g/mol. The number of carbonyl (C=O) groups excluding carboxylic acids is 1. The lowest BCUT2D eigenvalue weighted by Gasteiger charge is -2.08. The van der Waals surface area contributed by atoms with Gasteiger partial charge in [-0.3, -0.25) is 4.79 Å². The standard InChI is InChI=1S/C8H16ClNO2/c1-3-8(11)10-5-4-7(9)6-12-2/h7H,3-6H2,1-2H3,(H,10,11). The Morgan fingerprint density at radius 2 is 2.33 bits per heavy atom. The average Bonchev–Trinajstić information content (AvgIpc) is 2.04. The first-order valence-electron chi connectivity index (χ1n) is 4.10. The van der Waals surface area contributed by atoms with E-state index in [2.05, 4.69) is 5.32 Å². The van der Waals surface area contributed by atoms with Crippen molar-refractivity contribution in [3.8, 4) is 0 Å². The van der Waals surface area contributed by atoms with Gasteiger partial charge in [0, 0.05) is 20.1 Å². The van der Waals surface area contributed by atoms with Gasteiger partial charge in [0.1, 0.15) is 0 Å². The third kappa shape index (κ3) is 6.43. The van der Waals surface area contributed by atoms with Gasteiger partial charge in [0.15, 0.2) is 0 Å². The summed E-state index contributed by atoms with van der Waals surface area (Å²) >= 11 is 5.83. The lowest BCUT2D eigenvalue weighted by Crippen LogP contribution is -2.26. The van der Waals surface area contributed by atoms with Gasteiger partial charge in [0.2, 0.25) is 5.91 Å². The van der Waals surface area contributed by atoms with Gasteiger partial charge in [0.05, 0.1) is 12.0 Å². The minimum absolute atomic E-state index is 0.00726. The summed E-state index contributed by atoms with van der Waals surface area (Å²) in [5, 5.41) is 2.74. The number of amides is 1. The van der Waals surface area contributed by atoms with Crippen LogP contribution in [0.1, 0.15) is 19.8 Å². The molecule has 0 aliphatic heterocycles. The van der Waals surface area contributed by atoms with Crippen LogP contribution in [-0.4, -0.2) is 31.5 Å². The SMILES string of the molecule is CCC(=O)NCCC(Cl)COC. The van der Waals surface area contributed by atoms with E-state index < -0.39 is 0 Å². The molecule has 0 bridgehead atoms. The Morgan fingerprint density at radius 1 is 1.67 bits per heavy atom. The predicted octanol–water partition coefficient (Wildman–Crippen LogP) is 1.16. The van der Waals surface area contributed by atoms with Crippen molar-refractivity contribution in [3.63, 3.8) is 0 Å². The van der Waals surface area contributed by atoms with Gasteiger partial charge in [-0.25, -0.2) is 0 Å². The number of rotatable bonds is 6. The molecule has 0 heterocycles. The van der Waals surface area contributed by atoms with Crippen LogP contribution in [0.2, 0.25) is 0 Å². The molecule has 0 spiro atoms. The summed E-state index contributed by atoms with van der Waals surface area (Å²) in [4.78, 5) is 10.8. The highest BCUT2D eigenvalue weighted by Gasteiger charge is 2.03. The Labute approximate surface area is 78.4 Å². The number of hydrogen-bond acceptors (Lipinski definition) is 2. The Kier molecular flexibility index (Phi) is 7.20. The second kappa shape index (κ2) is 7.37. The van der Waals surface area contributed by atoms with E-state index in [4.69, 9.17) is 16.3 Å². The zero-order valence-corrected chi connectivity index (χ0v) is 8.36. The molecule has 0 saturated heterocycles. The van der Waals surface area contributed by atoms with Gasteiger partial charge in [0.25, 0.3) is 0 Å². The van der Waals surface area contributed by atoms with Gasteiger partial charge < -0.3 is 10.1 Å². The topological polar surface area (TPSA) is 38.3 Å². The lowest BCUT2D eigenvalue weighted by molar-refractivity contribution is -0.120. The van der Waals surface area contributed by atoms with Crippen molar-refractivity contribution < 1.29 is 9.53 Å². The minimum atomic E-state index is -0.00726. The fraction of sp³-hybridized carbons (Fsp3) is 0.875. The molecule has 0 radical (unpaired) electrons. The van der Waals surface area contributed by atoms with Crippen LogP contribution in [0.15, 0.2) is 0 Å². The van der Waals surface area contributed by atoms with E-state index in [1.807, 2.05) is 6.92 Å². The second-order valence-corrected chi connectivity index (χ2v) is 3.16. The molecule has 0 rings (SSSR count). The number of methoxy groups -OCH3 is 1. The molecule has 1 atom stereocenters. The van der Waals surface area contributed by atoms with Crippen molar-refractivity contribution >= 4 is 17.5 Å². The molecule has 0 fully saturated rings. The van der Waals surface area contributed by atoms with E-state index in [1.54, 1.807) is 7.11 Å². The monoisotopic (exact) mass is 193 g/mol. The molecule has 0 aliphatic carbocycles. The first kappa shape index (κ1) is 11.7. The van der Waals surface area contributed by atoms with Crippen molar-refractivity contribution in [2.75, 3.05) is 20.3 Å². The zero-order chi connectivity index (χ0) is 9.40. The third-order valence-electron chi connectivity index (χ3n) is 1.45. The van der Waals surface area contributed by atoms with Gasteiger partial charge in [-0.15, -0.1) is 11.6 Å². The summed E-state index contributed by atoms with van der Waals surface area (Å²) in [6.45, 7) is 2.98. The van der Waals surface area contributed by atoms with Crippen LogP contribution in [0.4, 0.5) is 0 Å². The quantitative estimate of drug-likeness (QED) is 0.643. The molecule has 0 saturated carbocycles. The maximum absolute atomic E-state index is 10.8. The molecular weight excluding hydrogens is 178 g/mol. The predicted molar refractivity (Wildman–Crippen MR) is 49.4 cm³/mol. The summed E-state index contributed by atoms with van der Waals surface area (Å²) in [7, 11) is 1.61. The molecule has 0 aliphatic rings. The summed E-state index contributed by atoms with van der Waals surface area (Å²) < 4.78 is 4.84. The molecule has 1 unspecified atom stereocenters. The van der Waals surface area contributed by atoms with Gasteiger partial charge in [-0.2, -0.15) is 0 Å². The molecule has 12 heavy (non-hydrogen) atoms. The van der Waals surface area contributed by atoms with Crippen molar-refractivity contribution in [3.05, 3.63) is 0 Å². The first-order chi connectivity index (χ1) is 5.70. The van der Waals surface area contributed by atoms with Crippen LogP contribution in [0, 0.1) is 0 Å². The Bertz CT molecular complexity index is 130. The minimum Gasteiger partial charge on any atom is -0.383 e. The fourth-order valence-corrected chi connectivity index (χ4v) is 0.992. The zero-order valence-electron chi connectivity index (χ0n) is 7.60. The van der Waals surface area contributed by atoms with Crippen LogP contribution < -0.4 is 5.32 Å². The van der Waals surface area contributed by atoms with E-state index in [9.17, 15) is 4.79 Å². The van der Waals surface area contributed by atoms with Gasteiger partial charge in [-0.1, -0.05) is 6.92 Å². The number of alkyl halides is 1. The number of carbonyl (C=O) groups is 1. The molecule has 1 N–H and O–H groups in total. The normalized spacial score (nSPS) is 12.6. The van der Waals surface area contributed by atoms with E-state index in [0.717, 1.165) is 6.42 Å². The fourth-order valence-electron chi connectivity index (χ4n) is 0.757. The van der Waals surface area contributed by atoms with E-state index >= 15 is 0 Å². The third-order valence-corrected chi connectivity index (χ3v) is 1.79. The van der Waals surface area contributed by atoms with Crippen LogP contribution in [0.3, 0.4) is 0 Å². The van der Waals surface area contributed by atoms with Crippen molar-refractivity contribution in [2.24, 2.45) is 0 Å². The molecule has 4 heteroatoms.